The maximum Gasteiger partial charge on any atom is 0.306 e. The Balaban J connectivity index is 2.35. The van der Waals surface area contributed by atoms with Gasteiger partial charge in [0.1, 0.15) is 0 Å². The lowest BCUT2D eigenvalue weighted by Crippen LogP contribution is -2.30. The standard InChI is InChI=1S/C11H14FN3O4S/c12-10-2-1-9(5-11(10)15(16)17)20(18,19)14-4-3-8(6-13)7-14/h1-2,5,8H,3-4,6-7,13H2. The molecule has 1 saturated heterocycles. The van der Waals surface area contributed by atoms with E-state index in [9.17, 15) is 22.9 Å². The third-order valence-electron chi connectivity index (χ3n) is 3.33. The molecule has 9 heteroatoms. The van der Waals surface area contributed by atoms with E-state index in [0.717, 1.165) is 18.2 Å². The molecule has 0 spiro atoms. The molecule has 7 nitrogen and oxygen atoms in total. The smallest absolute Gasteiger partial charge is 0.306 e. The first-order valence-electron chi connectivity index (χ1n) is 6.00. The van der Waals surface area contributed by atoms with Crippen LogP contribution in [0.3, 0.4) is 0 Å². The Bertz CT molecular complexity index is 635. The number of nitro benzene ring substituents is 1. The number of hydrogen-bond donors (Lipinski definition) is 1. The molecule has 0 radical (unpaired) electrons. The van der Waals surface area contributed by atoms with Gasteiger partial charge in [-0.3, -0.25) is 10.1 Å². The fourth-order valence-electron chi connectivity index (χ4n) is 2.15. The van der Waals surface area contributed by atoms with Gasteiger partial charge in [-0.05, 0) is 31.0 Å². The number of halogens is 1. The van der Waals surface area contributed by atoms with Crippen molar-refractivity contribution >= 4 is 15.7 Å². The number of nitrogens with zero attached hydrogens (tertiary/aromatic N) is 2. The summed E-state index contributed by atoms with van der Waals surface area (Å²) < 4.78 is 39.1. The monoisotopic (exact) mass is 303 g/mol. The van der Waals surface area contributed by atoms with Gasteiger partial charge in [0.15, 0.2) is 0 Å². The van der Waals surface area contributed by atoms with Crippen molar-refractivity contribution in [1.82, 2.24) is 4.31 Å². The molecule has 2 rings (SSSR count). The zero-order valence-corrected chi connectivity index (χ0v) is 11.3. The normalized spacial score (nSPS) is 20.2. The maximum absolute atomic E-state index is 13.2. The predicted octanol–water partition coefficient (Wildman–Crippen LogP) is 0.703. The molecule has 1 unspecified atom stereocenters. The highest BCUT2D eigenvalue weighted by Gasteiger charge is 2.33. The quantitative estimate of drug-likeness (QED) is 0.651. The molecule has 0 bridgehead atoms. The summed E-state index contributed by atoms with van der Waals surface area (Å²) in [4.78, 5) is 9.44. The number of rotatable bonds is 4. The molecule has 1 aromatic rings. The van der Waals surface area contributed by atoms with E-state index in [-0.39, 0.29) is 17.4 Å². The van der Waals surface area contributed by atoms with E-state index in [1.807, 2.05) is 0 Å². The molecule has 1 atom stereocenters. The minimum atomic E-state index is -3.85. The van der Waals surface area contributed by atoms with Gasteiger partial charge in [0.05, 0.1) is 9.82 Å². The zero-order chi connectivity index (χ0) is 14.9. The van der Waals surface area contributed by atoms with Gasteiger partial charge >= 0.3 is 5.69 Å². The Morgan fingerprint density at radius 2 is 2.20 bits per heavy atom. The molecule has 0 aliphatic carbocycles. The van der Waals surface area contributed by atoms with Crippen molar-refractivity contribution in [2.24, 2.45) is 11.7 Å². The number of sulfonamides is 1. The molecule has 0 saturated carbocycles. The fourth-order valence-corrected chi connectivity index (χ4v) is 3.70. The van der Waals surface area contributed by atoms with Gasteiger partial charge in [-0.15, -0.1) is 0 Å². The highest BCUT2D eigenvalue weighted by Crippen LogP contribution is 2.27. The molecule has 1 fully saturated rings. The van der Waals surface area contributed by atoms with Gasteiger partial charge in [0, 0.05) is 19.2 Å². The zero-order valence-electron chi connectivity index (χ0n) is 10.5. The highest BCUT2D eigenvalue weighted by atomic mass is 32.2. The van der Waals surface area contributed by atoms with Crippen LogP contribution in [0.5, 0.6) is 0 Å². The lowest BCUT2D eigenvalue weighted by molar-refractivity contribution is -0.387. The Kier molecular flexibility index (Phi) is 4.02. The molecule has 1 heterocycles. The van der Waals surface area contributed by atoms with Crippen LogP contribution in [0.4, 0.5) is 10.1 Å². The third kappa shape index (κ3) is 2.65. The molecule has 2 N–H and O–H groups in total. The SMILES string of the molecule is NCC1CCN(S(=O)(=O)c2ccc(F)c([N+](=O)[O-])c2)C1. The molecule has 110 valence electrons. The molecule has 0 aromatic heterocycles. The molecule has 20 heavy (non-hydrogen) atoms. The summed E-state index contributed by atoms with van der Waals surface area (Å²) in [5.74, 6) is -0.976. The average molecular weight is 303 g/mol. The summed E-state index contributed by atoms with van der Waals surface area (Å²) in [6.45, 7) is 0.981. The summed E-state index contributed by atoms with van der Waals surface area (Å²) in [6.07, 6.45) is 0.652. The topological polar surface area (TPSA) is 107 Å². The number of nitro groups is 1. The van der Waals surface area contributed by atoms with Gasteiger partial charge < -0.3 is 5.73 Å². The van der Waals surface area contributed by atoms with Crippen molar-refractivity contribution in [3.63, 3.8) is 0 Å². The van der Waals surface area contributed by atoms with E-state index < -0.39 is 26.5 Å². The van der Waals surface area contributed by atoms with E-state index >= 15 is 0 Å². The molecular formula is C11H14FN3O4S. The van der Waals surface area contributed by atoms with Crippen molar-refractivity contribution in [2.45, 2.75) is 11.3 Å². The molecule has 0 amide bonds. The van der Waals surface area contributed by atoms with Crippen molar-refractivity contribution < 1.29 is 17.7 Å². The Labute approximate surface area is 115 Å². The van der Waals surface area contributed by atoms with Crippen LogP contribution in [0.1, 0.15) is 6.42 Å². The fraction of sp³-hybridized carbons (Fsp3) is 0.455. The largest absolute Gasteiger partial charge is 0.330 e. The van der Waals surface area contributed by atoms with Crippen molar-refractivity contribution in [3.8, 4) is 0 Å². The summed E-state index contributed by atoms with van der Waals surface area (Å²) in [6, 6.07) is 2.58. The van der Waals surface area contributed by atoms with E-state index in [1.54, 1.807) is 0 Å². The summed E-state index contributed by atoms with van der Waals surface area (Å²) in [5.41, 5.74) is 4.65. The Morgan fingerprint density at radius 1 is 1.50 bits per heavy atom. The van der Waals surface area contributed by atoms with Crippen LogP contribution in [0.15, 0.2) is 23.1 Å². The Hall–Kier alpha value is -1.58. The van der Waals surface area contributed by atoms with Gasteiger partial charge in [-0.25, -0.2) is 8.42 Å². The van der Waals surface area contributed by atoms with Crippen molar-refractivity contribution in [1.29, 1.82) is 0 Å². The highest BCUT2D eigenvalue weighted by molar-refractivity contribution is 7.89. The van der Waals surface area contributed by atoms with Gasteiger partial charge in [-0.2, -0.15) is 8.70 Å². The van der Waals surface area contributed by atoms with Gasteiger partial charge in [0.25, 0.3) is 0 Å². The van der Waals surface area contributed by atoms with Gasteiger partial charge in [0.2, 0.25) is 15.8 Å². The lowest BCUT2D eigenvalue weighted by Gasteiger charge is -2.16. The number of nitrogens with two attached hydrogens (primary N) is 1. The molecule has 1 aliphatic rings. The second kappa shape index (κ2) is 5.43. The van der Waals surface area contributed by atoms with E-state index in [1.165, 1.54) is 4.31 Å². The number of benzene rings is 1. The van der Waals surface area contributed by atoms with Crippen LogP contribution in [0, 0.1) is 21.8 Å². The summed E-state index contributed by atoms with van der Waals surface area (Å²) in [7, 11) is -3.85. The van der Waals surface area contributed by atoms with Crippen LogP contribution in [-0.2, 0) is 10.0 Å². The van der Waals surface area contributed by atoms with Crippen LogP contribution in [-0.4, -0.2) is 37.3 Å². The molecular weight excluding hydrogens is 289 g/mol. The van der Waals surface area contributed by atoms with Crippen LogP contribution in [0.2, 0.25) is 0 Å². The van der Waals surface area contributed by atoms with Crippen molar-refractivity contribution in [3.05, 3.63) is 34.1 Å². The van der Waals surface area contributed by atoms with Gasteiger partial charge in [-0.1, -0.05) is 0 Å². The number of hydrogen-bond acceptors (Lipinski definition) is 5. The van der Waals surface area contributed by atoms with E-state index in [0.29, 0.717) is 19.5 Å². The summed E-state index contributed by atoms with van der Waals surface area (Å²) >= 11 is 0. The first-order chi connectivity index (χ1) is 9.36. The molecule has 1 aromatic carbocycles. The van der Waals surface area contributed by atoms with Crippen molar-refractivity contribution in [2.75, 3.05) is 19.6 Å². The minimum absolute atomic E-state index is 0.0835. The predicted molar refractivity (Wildman–Crippen MR) is 69.0 cm³/mol. The van der Waals surface area contributed by atoms with Crippen LogP contribution < -0.4 is 5.73 Å². The second-order valence-electron chi connectivity index (χ2n) is 4.62. The first kappa shape index (κ1) is 14.8. The second-order valence-corrected chi connectivity index (χ2v) is 6.56. The average Bonchev–Trinajstić information content (AvgIpc) is 2.88. The van der Waals surface area contributed by atoms with E-state index in [4.69, 9.17) is 5.73 Å². The van der Waals surface area contributed by atoms with Crippen LogP contribution in [0.25, 0.3) is 0 Å². The first-order valence-corrected chi connectivity index (χ1v) is 7.44. The Morgan fingerprint density at radius 3 is 2.75 bits per heavy atom. The summed E-state index contributed by atoms with van der Waals surface area (Å²) in [5, 5.41) is 10.7. The van der Waals surface area contributed by atoms with E-state index in [2.05, 4.69) is 0 Å². The lowest BCUT2D eigenvalue weighted by atomic mass is 10.1. The minimum Gasteiger partial charge on any atom is -0.330 e. The molecule has 1 aliphatic heterocycles. The third-order valence-corrected chi connectivity index (χ3v) is 5.20. The van der Waals surface area contributed by atoms with Crippen LogP contribution >= 0.6 is 0 Å². The maximum atomic E-state index is 13.2.